The van der Waals surface area contributed by atoms with Crippen LogP contribution in [0.5, 0.6) is 0 Å². The van der Waals surface area contributed by atoms with E-state index in [1.165, 1.54) is 0 Å². The Kier molecular flexibility index (Phi) is 2.36. The summed E-state index contributed by atoms with van der Waals surface area (Å²) in [6.07, 6.45) is 4.96. The Balaban J connectivity index is 2.57. The maximum Gasteiger partial charge on any atom is 0.0613 e. The molecule has 0 atom stereocenters. The first-order valence-electron chi connectivity index (χ1n) is 4.17. The molecule has 1 heterocycles. The molecule has 0 fully saturated rings. The van der Waals surface area contributed by atoms with E-state index in [9.17, 15) is 0 Å². The second-order valence-electron chi connectivity index (χ2n) is 4.31. The molecular formula is C10H16N2. The largest absolute Gasteiger partial charge is 0.279 e. The first-order valence-corrected chi connectivity index (χ1v) is 4.17. The highest BCUT2D eigenvalue weighted by Gasteiger charge is 2.13. The van der Waals surface area contributed by atoms with E-state index in [0.29, 0.717) is 5.41 Å². The SMILES string of the molecule is C=C1C=CC(CC(C)(C)C)=NN1. The van der Waals surface area contributed by atoms with Crippen molar-refractivity contribution in [1.29, 1.82) is 0 Å². The van der Waals surface area contributed by atoms with Gasteiger partial charge in [-0.1, -0.05) is 27.4 Å². The van der Waals surface area contributed by atoms with E-state index in [0.717, 1.165) is 17.8 Å². The standard InChI is InChI=1S/C10H16N2/c1-8-5-6-9(12-11-8)7-10(2,3)4/h5-6,11H,1,7H2,2-4H3. The summed E-state index contributed by atoms with van der Waals surface area (Å²) in [6, 6.07) is 0. The molecule has 2 heteroatoms. The molecule has 0 aromatic carbocycles. The molecule has 1 aliphatic rings. The van der Waals surface area contributed by atoms with Gasteiger partial charge in [-0.05, 0) is 24.0 Å². The van der Waals surface area contributed by atoms with Crippen molar-refractivity contribution in [3.63, 3.8) is 0 Å². The van der Waals surface area contributed by atoms with E-state index in [-0.39, 0.29) is 0 Å². The maximum atomic E-state index is 4.18. The van der Waals surface area contributed by atoms with Crippen LogP contribution in [-0.4, -0.2) is 5.71 Å². The molecule has 2 nitrogen and oxygen atoms in total. The highest BCUT2D eigenvalue weighted by molar-refractivity contribution is 5.96. The van der Waals surface area contributed by atoms with Gasteiger partial charge in [-0.3, -0.25) is 5.43 Å². The van der Waals surface area contributed by atoms with Crippen LogP contribution >= 0.6 is 0 Å². The van der Waals surface area contributed by atoms with Crippen molar-refractivity contribution in [3.8, 4) is 0 Å². The summed E-state index contributed by atoms with van der Waals surface area (Å²) in [5.74, 6) is 0. The molecule has 0 unspecified atom stereocenters. The molecule has 0 aromatic heterocycles. The van der Waals surface area contributed by atoms with Gasteiger partial charge in [0.25, 0.3) is 0 Å². The van der Waals surface area contributed by atoms with E-state index < -0.39 is 0 Å². The third-order valence-electron chi connectivity index (χ3n) is 1.53. The van der Waals surface area contributed by atoms with Gasteiger partial charge in [0.15, 0.2) is 0 Å². The average Bonchev–Trinajstić information content (AvgIpc) is 1.91. The van der Waals surface area contributed by atoms with Crippen molar-refractivity contribution in [1.82, 2.24) is 5.43 Å². The fourth-order valence-electron chi connectivity index (χ4n) is 1.06. The molecule has 0 amide bonds. The zero-order valence-electron chi connectivity index (χ0n) is 8.02. The minimum atomic E-state index is 0.295. The normalized spacial score (nSPS) is 17.2. The topological polar surface area (TPSA) is 24.4 Å². The fraction of sp³-hybridized carbons (Fsp3) is 0.500. The Morgan fingerprint density at radius 2 is 2.08 bits per heavy atom. The molecule has 12 heavy (non-hydrogen) atoms. The monoisotopic (exact) mass is 164 g/mol. The number of allylic oxidation sites excluding steroid dienone is 2. The summed E-state index contributed by atoms with van der Waals surface area (Å²) in [7, 11) is 0. The molecule has 0 bridgehead atoms. The molecule has 0 radical (unpaired) electrons. The third kappa shape index (κ3) is 2.91. The van der Waals surface area contributed by atoms with Crippen molar-refractivity contribution >= 4 is 5.71 Å². The molecule has 1 N–H and O–H groups in total. The molecule has 1 aliphatic heterocycles. The van der Waals surface area contributed by atoms with Crippen LogP contribution in [0.2, 0.25) is 0 Å². The lowest BCUT2D eigenvalue weighted by atomic mass is 9.89. The summed E-state index contributed by atoms with van der Waals surface area (Å²) in [6.45, 7) is 10.3. The number of rotatable bonds is 1. The Labute approximate surface area is 74.1 Å². The lowest BCUT2D eigenvalue weighted by Gasteiger charge is -2.19. The molecule has 1 rings (SSSR count). The second-order valence-corrected chi connectivity index (χ2v) is 4.31. The maximum absolute atomic E-state index is 4.18. The smallest absolute Gasteiger partial charge is 0.0613 e. The minimum absolute atomic E-state index is 0.295. The average molecular weight is 164 g/mol. The summed E-state index contributed by atoms with van der Waals surface area (Å²) < 4.78 is 0. The molecule has 0 aromatic rings. The van der Waals surface area contributed by atoms with Gasteiger partial charge in [-0.2, -0.15) is 5.10 Å². The first-order chi connectivity index (χ1) is 5.47. The molecule has 0 aliphatic carbocycles. The van der Waals surface area contributed by atoms with Crippen LogP contribution in [0.25, 0.3) is 0 Å². The van der Waals surface area contributed by atoms with Gasteiger partial charge in [-0.15, -0.1) is 0 Å². The number of hydrogen-bond acceptors (Lipinski definition) is 2. The Morgan fingerprint density at radius 1 is 1.42 bits per heavy atom. The Hall–Kier alpha value is -1.05. The molecule has 0 saturated carbocycles. The second kappa shape index (κ2) is 3.13. The zero-order valence-corrected chi connectivity index (χ0v) is 8.02. The number of hydrazone groups is 1. The summed E-state index contributed by atoms with van der Waals surface area (Å²) in [5.41, 5.74) is 5.10. The highest BCUT2D eigenvalue weighted by atomic mass is 15.3. The Bertz CT molecular complexity index is 241. The molecule has 0 saturated heterocycles. The van der Waals surface area contributed by atoms with Crippen molar-refractivity contribution in [2.24, 2.45) is 10.5 Å². The van der Waals surface area contributed by atoms with E-state index in [1.54, 1.807) is 0 Å². The predicted molar refractivity (Wildman–Crippen MR) is 52.9 cm³/mol. The van der Waals surface area contributed by atoms with E-state index in [2.05, 4.69) is 37.9 Å². The highest BCUT2D eigenvalue weighted by Crippen LogP contribution is 2.20. The summed E-state index contributed by atoms with van der Waals surface area (Å²) >= 11 is 0. The van der Waals surface area contributed by atoms with Crippen molar-refractivity contribution in [2.75, 3.05) is 0 Å². The van der Waals surface area contributed by atoms with Gasteiger partial charge in [0.2, 0.25) is 0 Å². The lowest BCUT2D eigenvalue weighted by Crippen LogP contribution is -2.17. The van der Waals surface area contributed by atoms with Gasteiger partial charge in [0.1, 0.15) is 0 Å². The van der Waals surface area contributed by atoms with Crippen molar-refractivity contribution in [2.45, 2.75) is 27.2 Å². The van der Waals surface area contributed by atoms with Crippen molar-refractivity contribution in [3.05, 3.63) is 24.4 Å². The van der Waals surface area contributed by atoms with Crippen molar-refractivity contribution < 1.29 is 0 Å². The van der Waals surface area contributed by atoms with Crippen LogP contribution in [0, 0.1) is 5.41 Å². The summed E-state index contributed by atoms with van der Waals surface area (Å²) in [4.78, 5) is 0. The molecule has 66 valence electrons. The van der Waals surface area contributed by atoms with Gasteiger partial charge in [0.05, 0.1) is 5.71 Å². The van der Waals surface area contributed by atoms with Gasteiger partial charge < -0.3 is 0 Å². The first kappa shape index (κ1) is 9.04. The zero-order chi connectivity index (χ0) is 9.19. The number of nitrogens with one attached hydrogen (secondary N) is 1. The lowest BCUT2D eigenvalue weighted by molar-refractivity contribution is 0.433. The fourth-order valence-corrected chi connectivity index (χ4v) is 1.06. The third-order valence-corrected chi connectivity index (χ3v) is 1.53. The van der Waals surface area contributed by atoms with Crippen LogP contribution in [0.15, 0.2) is 29.5 Å². The van der Waals surface area contributed by atoms with Crippen LogP contribution in [-0.2, 0) is 0 Å². The molecule has 0 spiro atoms. The minimum Gasteiger partial charge on any atom is -0.279 e. The number of hydrogen-bond donors (Lipinski definition) is 1. The molecular weight excluding hydrogens is 148 g/mol. The van der Waals surface area contributed by atoms with Crippen LogP contribution in [0.3, 0.4) is 0 Å². The van der Waals surface area contributed by atoms with Gasteiger partial charge >= 0.3 is 0 Å². The van der Waals surface area contributed by atoms with Gasteiger partial charge in [0, 0.05) is 5.70 Å². The van der Waals surface area contributed by atoms with Crippen LogP contribution in [0.1, 0.15) is 27.2 Å². The predicted octanol–water partition coefficient (Wildman–Crippen LogP) is 2.45. The van der Waals surface area contributed by atoms with Crippen LogP contribution < -0.4 is 5.43 Å². The van der Waals surface area contributed by atoms with Gasteiger partial charge in [-0.25, -0.2) is 0 Å². The van der Waals surface area contributed by atoms with E-state index in [1.807, 2.05) is 12.2 Å². The van der Waals surface area contributed by atoms with E-state index in [4.69, 9.17) is 0 Å². The van der Waals surface area contributed by atoms with E-state index >= 15 is 0 Å². The quantitative estimate of drug-likeness (QED) is 0.632. The Morgan fingerprint density at radius 3 is 2.50 bits per heavy atom. The number of nitrogens with zero attached hydrogens (tertiary/aromatic N) is 1. The van der Waals surface area contributed by atoms with Crippen LogP contribution in [0.4, 0.5) is 0 Å². The summed E-state index contributed by atoms with van der Waals surface area (Å²) in [5, 5.41) is 4.18.